The van der Waals surface area contributed by atoms with Crippen LogP contribution in [0.15, 0.2) is 97.6 Å². The number of methoxy groups -OCH3 is 1. The summed E-state index contributed by atoms with van der Waals surface area (Å²) in [6.45, 7) is 7.22. The van der Waals surface area contributed by atoms with Gasteiger partial charge in [-0.2, -0.15) is 0 Å². The lowest BCUT2D eigenvalue weighted by Gasteiger charge is -2.11. The van der Waals surface area contributed by atoms with Gasteiger partial charge in [0, 0.05) is 19.1 Å². The van der Waals surface area contributed by atoms with E-state index in [0.717, 1.165) is 28.3 Å². The first-order chi connectivity index (χ1) is 29.1. The van der Waals surface area contributed by atoms with Crippen LogP contribution in [0, 0.1) is 0 Å². The Kier molecular flexibility index (Phi) is 17.1. The quantitative estimate of drug-likeness (QED) is 0.0203. The number of ether oxygens (including phenoxy) is 11. The Morgan fingerprint density at radius 2 is 0.883 bits per heavy atom. The van der Waals surface area contributed by atoms with Crippen LogP contribution in [0.5, 0.6) is 23.0 Å². The molecule has 0 radical (unpaired) electrons. The van der Waals surface area contributed by atoms with Gasteiger partial charge in [0.15, 0.2) is 0 Å². The van der Waals surface area contributed by atoms with Gasteiger partial charge in [-0.15, -0.1) is 0 Å². The molecule has 16 heteroatoms. The molecule has 4 aromatic carbocycles. The monoisotopic (exact) mass is 828 g/mol. The molecule has 1 aliphatic rings. The molecule has 0 aromatic heterocycles. The lowest BCUT2D eigenvalue weighted by atomic mass is 9.99. The summed E-state index contributed by atoms with van der Waals surface area (Å²) in [6.07, 6.45) is -0.776. The number of carbonyl (C=O) groups excluding carboxylic acids is 5. The minimum atomic E-state index is -0.942. The first-order valence-corrected chi connectivity index (χ1v) is 18.8. The van der Waals surface area contributed by atoms with Crippen molar-refractivity contribution in [3.05, 3.63) is 120 Å². The molecule has 1 aliphatic carbocycles. The SMILES string of the molecule is C=CC(=O)OCCOCCOCCOC(=O)Oc1ccc(C(=O)Oc2ccc3c(c2)C(C)c2cc(OC(=O)c4ccc(OC(=O)OCCOCCOC)cc4)ccc2-3)cc1. The zero-order chi connectivity index (χ0) is 42.7. The average molecular weight is 829 g/mol. The Morgan fingerprint density at radius 1 is 0.500 bits per heavy atom. The van der Waals surface area contributed by atoms with E-state index in [4.69, 9.17) is 52.1 Å². The fourth-order valence-electron chi connectivity index (χ4n) is 5.68. The Balaban J connectivity index is 1.04. The molecular formula is C44H44O16. The number of hydrogen-bond donors (Lipinski definition) is 0. The van der Waals surface area contributed by atoms with Gasteiger partial charge in [-0.3, -0.25) is 0 Å². The van der Waals surface area contributed by atoms with Crippen LogP contribution in [0.4, 0.5) is 9.59 Å². The second kappa shape index (κ2) is 23.1. The maximum atomic E-state index is 13.0. The number of benzene rings is 4. The van der Waals surface area contributed by atoms with Gasteiger partial charge in [0.1, 0.15) is 42.8 Å². The molecule has 0 aliphatic heterocycles. The summed E-state index contributed by atoms with van der Waals surface area (Å²) in [5.74, 6) is -0.806. The minimum absolute atomic E-state index is 0.0163. The summed E-state index contributed by atoms with van der Waals surface area (Å²) in [7, 11) is 1.56. The van der Waals surface area contributed by atoms with Crippen LogP contribution < -0.4 is 18.9 Å². The molecule has 16 nitrogen and oxygen atoms in total. The molecule has 0 saturated carbocycles. The Labute approximate surface area is 345 Å². The van der Waals surface area contributed by atoms with Crippen molar-refractivity contribution in [1.82, 2.24) is 0 Å². The second-order valence-electron chi connectivity index (χ2n) is 12.7. The maximum Gasteiger partial charge on any atom is 0.513 e. The normalized spacial score (nSPS) is 12.3. The summed E-state index contributed by atoms with van der Waals surface area (Å²) < 4.78 is 57.0. The summed E-state index contributed by atoms with van der Waals surface area (Å²) in [5, 5.41) is 0. The number of rotatable bonds is 22. The lowest BCUT2D eigenvalue weighted by Crippen LogP contribution is -2.16. The summed E-state index contributed by atoms with van der Waals surface area (Å²) in [5.41, 5.74) is 4.25. The van der Waals surface area contributed by atoms with Gasteiger partial charge in [0.2, 0.25) is 0 Å². The minimum Gasteiger partial charge on any atom is -0.460 e. The van der Waals surface area contributed by atoms with Crippen LogP contribution in [0.1, 0.15) is 44.7 Å². The van der Waals surface area contributed by atoms with Gasteiger partial charge in [-0.25, -0.2) is 24.0 Å². The van der Waals surface area contributed by atoms with Crippen molar-refractivity contribution in [1.29, 1.82) is 0 Å². The van der Waals surface area contributed by atoms with Gasteiger partial charge < -0.3 is 52.1 Å². The van der Waals surface area contributed by atoms with Crippen molar-refractivity contribution < 1.29 is 76.1 Å². The largest absolute Gasteiger partial charge is 0.513 e. The lowest BCUT2D eigenvalue weighted by molar-refractivity contribution is -0.139. The predicted molar refractivity (Wildman–Crippen MR) is 212 cm³/mol. The molecule has 1 unspecified atom stereocenters. The van der Waals surface area contributed by atoms with E-state index in [1.807, 2.05) is 19.1 Å². The van der Waals surface area contributed by atoms with Gasteiger partial charge in [-0.05, 0) is 95.1 Å². The highest BCUT2D eigenvalue weighted by Crippen LogP contribution is 2.47. The van der Waals surface area contributed by atoms with E-state index in [1.165, 1.54) is 48.5 Å². The molecule has 0 spiro atoms. The average Bonchev–Trinajstić information content (AvgIpc) is 3.52. The van der Waals surface area contributed by atoms with Gasteiger partial charge >= 0.3 is 30.2 Å². The first kappa shape index (κ1) is 44.5. The molecule has 0 bridgehead atoms. The maximum absolute atomic E-state index is 13.0. The molecule has 316 valence electrons. The zero-order valence-corrected chi connectivity index (χ0v) is 33.0. The fraction of sp³-hybridized carbons (Fsp3) is 0.295. The van der Waals surface area contributed by atoms with Crippen molar-refractivity contribution >= 4 is 30.2 Å². The van der Waals surface area contributed by atoms with Crippen LogP contribution >= 0.6 is 0 Å². The number of esters is 3. The van der Waals surface area contributed by atoms with Gasteiger partial charge in [0.25, 0.3) is 0 Å². The molecule has 60 heavy (non-hydrogen) atoms. The molecular weight excluding hydrogens is 784 g/mol. The van der Waals surface area contributed by atoms with Gasteiger partial charge in [-0.1, -0.05) is 25.6 Å². The molecule has 5 rings (SSSR count). The van der Waals surface area contributed by atoms with Crippen LogP contribution in [-0.4, -0.2) is 103 Å². The van der Waals surface area contributed by atoms with Crippen molar-refractivity contribution in [3.63, 3.8) is 0 Å². The molecule has 0 saturated heterocycles. The summed E-state index contributed by atoms with van der Waals surface area (Å²) in [6, 6.07) is 22.4. The van der Waals surface area contributed by atoms with Crippen LogP contribution in [0.25, 0.3) is 11.1 Å². The Morgan fingerprint density at radius 3 is 1.30 bits per heavy atom. The van der Waals surface area contributed by atoms with E-state index < -0.39 is 30.2 Å². The summed E-state index contributed by atoms with van der Waals surface area (Å²) >= 11 is 0. The van der Waals surface area contributed by atoms with E-state index >= 15 is 0 Å². The molecule has 0 N–H and O–H groups in total. The van der Waals surface area contributed by atoms with E-state index in [0.29, 0.717) is 24.7 Å². The highest BCUT2D eigenvalue weighted by atomic mass is 16.7. The van der Waals surface area contributed by atoms with Gasteiger partial charge in [0.05, 0.1) is 57.4 Å². The standard InChI is InChI=1S/C44H44O16/c1-4-40(45)54-24-21-52-19-20-53-23-26-56-44(49)60-33-11-7-31(8-12-33)42(47)58-35-14-16-37-36-15-13-34(27-38(36)29(2)39(37)28-35)57-41(46)30-5-9-32(10-6-30)59-43(48)55-25-22-51-18-17-50-3/h4-16,27-29H,1,17-26H2,2-3H3. The van der Waals surface area contributed by atoms with Crippen LogP contribution in [-0.2, 0) is 38.0 Å². The molecule has 4 aromatic rings. The number of hydrogen-bond acceptors (Lipinski definition) is 16. The topological polar surface area (TPSA) is 187 Å². The molecule has 0 amide bonds. The van der Waals surface area contributed by atoms with Crippen LogP contribution in [0.2, 0.25) is 0 Å². The predicted octanol–water partition coefficient (Wildman–Crippen LogP) is 6.71. The summed E-state index contributed by atoms with van der Waals surface area (Å²) in [4.78, 5) is 60.9. The highest BCUT2D eigenvalue weighted by molar-refractivity contribution is 5.92. The zero-order valence-electron chi connectivity index (χ0n) is 33.0. The number of carbonyl (C=O) groups is 5. The van der Waals surface area contributed by atoms with Crippen molar-refractivity contribution in [2.24, 2.45) is 0 Å². The van der Waals surface area contributed by atoms with Crippen molar-refractivity contribution in [2.45, 2.75) is 12.8 Å². The third kappa shape index (κ3) is 13.5. The van der Waals surface area contributed by atoms with Crippen LogP contribution in [0.3, 0.4) is 0 Å². The van der Waals surface area contributed by atoms with Crippen molar-refractivity contribution in [3.8, 4) is 34.1 Å². The van der Waals surface area contributed by atoms with E-state index in [9.17, 15) is 24.0 Å². The van der Waals surface area contributed by atoms with Crippen molar-refractivity contribution in [2.75, 3.05) is 73.2 Å². The first-order valence-electron chi connectivity index (χ1n) is 18.8. The molecule has 0 heterocycles. The Hall–Kier alpha value is -6.59. The fourth-order valence-corrected chi connectivity index (χ4v) is 5.68. The smallest absolute Gasteiger partial charge is 0.460 e. The second-order valence-corrected chi connectivity index (χ2v) is 12.7. The third-order valence-corrected chi connectivity index (χ3v) is 8.61. The van der Waals surface area contributed by atoms with E-state index in [-0.39, 0.29) is 81.4 Å². The Bertz CT molecular complexity index is 2090. The molecule has 1 atom stereocenters. The van der Waals surface area contributed by atoms with E-state index in [2.05, 4.69) is 6.58 Å². The molecule has 0 fully saturated rings. The van der Waals surface area contributed by atoms with E-state index in [1.54, 1.807) is 31.4 Å². The third-order valence-electron chi connectivity index (χ3n) is 8.61. The number of fused-ring (bicyclic) bond motifs is 3. The highest BCUT2D eigenvalue weighted by Gasteiger charge is 2.27.